The smallest absolute Gasteiger partial charge is 0.231 e. The van der Waals surface area contributed by atoms with Gasteiger partial charge in [0.2, 0.25) is 11.8 Å². The number of likely N-dealkylation sites (tertiary alicyclic amines) is 1. The molecule has 6 nitrogen and oxygen atoms in total. The van der Waals surface area contributed by atoms with Crippen molar-refractivity contribution in [2.24, 2.45) is 11.7 Å². The number of piperidine rings is 1. The van der Waals surface area contributed by atoms with Crippen LogP contribution in [0.3, 0.4) is 0 Å². The summed E-state index contributed by atoms with van der Waals surface area (Å²) < 4.78 is 0. The fourth-order valence-corrected chi connectivity index (χ4v) is 3.36. The van der Waals surface area contributed by atoms with E-state index in [4.69, 9.17) is 5.73 Å². The van der Waals surface area contributed by atoms with E-state index in [-0.39, 0.29) is 24.3 Å². The number of hydrogen-bond donors (Lipinski definition) is 3. The zero-order valence-corrected chi connectivity index (χ0v) is 14.0. The molecular weight excluding hydrogens is 304 g/mol. The fourth-order valence-electron chi connectivity index (χ4n) is 3.36. The Bertz CT molecular complexity index is 745. The van der Waals surface area contributed by atoms with Crippen molar-refractivity contribution in [3.8, 4) is 0 Å². The highest BCUT2D eigenvalue weighted by molar-refractivity contribution is 5.84. The van der Waals surface area contributed by atoms with Crippen molar-refractivity contribution in [1.29, 1.82) is 0 Å². The van der Waals surface area contributed by atoms with Gasteiger partial charge in [-0.1, -0.05) is 18.2 Å². The van der Waals surface area contributed by atoms with E-state index < -0.39 is 0 Å². The molecule has 1 aliphatic heterocycles. The van der Waals surface area contributed by atoms with E-state index in [0.29, 0.717) is 6.54 Å². The van der Waals surface area contributed by atoms with Gasteiger partial charge in [0.1, 0.15) is 0 Å². The molecule has 0 aliphatic carbocycles. The second-order valence-corrected chi connectivity index (χ2v) is 6.57. The summed E-state index contributed by atoms with van der Waals surface area (Å²) in [4.78, 5) is 28.7. The van der Waals surface area contributed by atoms with Crippen molar-refractivity contribution in [2.45, 2.75) is 26.3 Å². The molecule has 0 unspecified atom stereocenters. The minimum Gasteiger partial charge on any atom is -0.369 e. The summed E-state index contributed by atoms with van der Waals surface area (Å²) in [5, 5.41) is 4.19. The van der Waals surface area contributed by atoms with Gasteiger partial charge >= 0.3 is 0 Å². The van der Waals surface area contributed by atoms with E-state index in [2.05, 4.69) is 35.4 Å². The summed E-state index contributed by atoms with van der Waals surface area (Å²) in [6.07, 6.45) is 1.54. The molecule has 2 amide bonds. The van der Waals surface area contributed by atoms with Crippen LogP contribution in [-0.2, 0) is 16.1 Å². The Labute approximate surface area is 141 Å². The lowest BCUT2D eigenvalue weighted by molar-refractivity contribution is -0.126. The molecule has 1 fully saturated rings. The van der Waals surface area contributed by atoms with Crippen LogP contribution in [0.15, 0.2) is 24.3 Å². The highest BCUT2D eigenvalue weighted by Crippen LogP contribution is 2.20. The molecule has 2 heterocycles. The van der Waals surface area contributed by atoms with E-state index in [1.807, 2.05) is 11.0 Å². The van der Waals surface area contributed by atoms with Crippen LogP contribution in [0.1, 0.15) is 24.1 Å². The van der Waals surface area contributed by atoms with Gasteiger partial charge in [0.25, 0.3) is 0 Å². The fraction of sp³-hybridized carbons (Fsp3) is 0.444. The number of aryl methyl sites for hydroxylation is 1. The van der Waals surface area contributed by atoms with Crippen molar-refractivity contribution in [3.05, 3.63) is 35.5 Å². The Morgan fingerprint density at radius 3 is 2.75 bits per heavy atom. The summed E-state index contributed by atoms with van der Waals surface area (Å²) in [6, 6.07) is 8.26. The number of aromatic nitrogens is 1. The monoisotopic (exact) mass is 328 g/mol. The minimum absolute atomic E-state index is 0.0141. The van der Waals surface area contributed by atoms with Gasteiger partial charge in [0.15, 0.2) is 0 Å². The zero-order chi connectivity index (χ0) is 17.1. The molecule has 1 saturated heterocycles. The Balaban J connectivity index is 1.52. The number of primary amides is 1. The Hall–Kier alpha value is -2.34. The molecule has 3 rings (SSSR count). The number of nitrogens with one attached hydrogen (secondary N) is 2. The van der Waals surface area contributed by atoms with Gasteiger partial charge in [-0.15, -0.1) is 0 Å². The number of rotatable bonds is 5. The molecule has 24 heavy (non-hydrogen) atoms. The molecule has 1 aromatic carbocycles. The first-order chi connectivity index (χ1) is 11.5. The number of H-pyrrole nitrogens is 1. The predicted octanol–water partition coefficient (Wildman–Crippen LogP) is 1.29. The second-order valence-electron chi connectivity index (χ2n) is 6.57. The van der Waals surface area contributed by atoms with Crippen molar-refractivity contribution in [3.63, 3.8) is 0 Å². The quantitative estimate of drug-likeness (QED) is 0.772. The summed E-state index contributed by atoms with van der Waals surface area (Å²) >= 11 is 0. The van der Waals surface area contributed by atoms with E-state index >= 15 is 0 Å². The van der Waals surface area contributed by atoms with E-state index in [1.54, 1.807) is 0 Å². The molecule has 6 heteroatoms. The molecular formula is C18H24N4O2. The van der Waals surface area contributed by atoms with Crippen LogP contribution in [0.25, 0.3) is 10.9 Å². The molecule has 0 saturated carbocycles. The van der Waals surface area contributed by atoms with Crippen LogP contribution in [0, 0.1) is 12.8 Å². The Kier molecular flexibility index (Phi) is 4.85. The van der Waals surface area contributed by atoms with E-state index in [9.17, 15) is 9.59 Å². The first kappa shape index (κ1) is 16.5. The first-order valence-corrected chi connectivity index (χ1v) is 8.38. The number of para-hydroxylation sites is 1. The third-order valence-corrected chi connectivity index (χ3v) is 4.71. The predicted molar refractivity (Wildman–Crippen MR) is 93.2 cm³/mol. The Morgan fingerprint density at radius 2 is 2.08 bits per heavy atom. The number of carbonyl (C=O) groups excluding carboxylic acids is 2. The molecule has 2 aromatic rings. The Morgan fingerprint density at radius 1 is 1.33 bits per heavy atom. The molecule has 0 radical (unpaired) electrons. The molecule has 128 valence electrons. The third kappa shape index (κ3) is 3.76. The lowest BCUT2D eigenvalue weighted by Crippen LogP contribution is -2.43. The van der Waals surface area contributed by atoms with Gasteiger partial charge in [0, 0.05) is 17.1 Å². The maximum Gasteiger partial charge on any atom is 0.231 e. The highest BCUT2D eigenvalue weighted by Gasteiger charge is 2.25. The topological polar surface area (TPSA) is 91.2 Å². The van der Waals surface area contributed by atoms with Crippen molar-refractivity contribution in [2.75, 3.05) is 19.6 Å². The van der Waals surface area contributed by atoms with Gasteiger partial charge in [-0.25, -0.2) is 0 Å². The summed E-state index contributed by atoms with van der Waals surface area (Å²) in [6.45, 7) is 4.34. The lowest BCUT2D eigenvalue weighted by Gasteiger charge is -2.30. The number of aromatic amines is 1. The average molecular weight is 328 g/mol. The molecule has 1 aromatic heterocycles. The second kappa shape index (κ2) is 7.05. The van der Waals surface area contributed by atoms with Crippen LogP contribution < -0.4 is 11.1 Å². The van der Waals surface area contributed by atoms with Gasteiger partial charge in [-0.05, 0) is 49.9 Å². The van der Waals surface area contributed by atoms with E-state index in [0.717, 1.165) is 37.1 Å². The van der Waals surface area contributed by atoms with Crippen molar-refractivity contribution >= 4 is 22.7 Å². The van der Waals surface area contributed by atoms with E-state index in [1.165, 1.54) is 10.9 Å². The first-order valence-electron chi connectivity index (χ1n) is 8.38. The van der Waals surface area contributed by atoms with Gasteiger partial charge in [-0.2, -0.15) is 0 Å². The summed E-state index contributed by atoms with van der Waals surface area (Å²) in [7, 11) is 0. The number of amides is 2. The van der Waals surface area contributed by atoms with Gasteiger partial charge in [-0.3, -0.25) is 14.5 Å². The van der Waals surface area contributed by atoms with Crippen LogP contribution >= 0.6 is 0 Å². The minimum atomic E-state index is -0.313. The average Bonchev–Trinajstić information content (AvgIpc) is 2.97. The number of nitrogens with two attached hydrogens (primary N) is 1. The summed E-state index contributed by atoms with van der Waals surface area (Å²) in [5.74, 6) is -0.212. The van der Waals surface area contributed by atoms with Crippen LogP contribution in [-0.4, -0.2) is 41.3 Å². The van der Waals surface area contributed by atoms with Gasteiger partial charge in [0.05, 0.1) is 13.1 Å². The van der Waals surface area contributed by atoms with Crippen LogP contribution in [0.5, 0.6) is 0 Å². The van der Waals surface area contributed by atoms with Gasteiger partial charge < -0.3 is 16.0 Å². The SMILES string of the molecule is Cc1cccc2cc(CNC(=O)C3CCN(CC(N)=O)CC3)[nH]c12. The maximum atomic E-state index is 12.3. The third-order valence-electron chi connectivity index (χ3n) is 4.71. The van der Waals surface area contributed by atoms with Crippen LogP contribution in [0.2, 0.25) is 0 Å². The molecule has 4 N–H and O–H groups in total. The molecule has 0 spiro atoms. The number of carbonyl (C=O) groups is 2. The zero-order valence-electron chi connectivity index (χ0n) is 14.0. The number of nitrogens with zero attached hydrogens (tertiary/aromatic N) is 1. The van der Waals surface area contributed by atoms with Crippen molar-refractivity contribution in [1.82, 2.24) is 15.2 Å². The lowest BCUT2D eigenvalue weighted by atomic mass is 9.96. The standard InChI is InChI=1S/C18H24N4O2/c1-12-3-2-4-14-9-15(21-17(12)14)10-20-18(24)13-5-7-22(8-6-13)11-16(19)23/h2-4,9,13,21H,5-8,10-11H2,1H3,(H2,19,23)(H,20,24). The number of benzene rings is 1. The molecule has 0 bridgehead atoms. The van der Waals surface area contributed by atoms with Crippen LogP contribution in [0.4, 0.5) is 0 Å². The number of fused-ring (bicyclic) bond motifs is 1. The number of hydrogen-bond acceptors (Lipinski definition) is 3. The highest BCUT2D eigenvalue weighted by atomic mass is 16.2. The summed E-state index contributed by atoms with van der Waals surface area (Å²) in [5.41, 5.74) is 8.55. The van der Waals surface area contributed by atoms with Crippen molar-refractivity contribution < 1.29 is 9.59 Å². The normalized spacial score (nSPS) is 16.4. The molecule has 0 atom stereocenters. The maximum absolute atomic E-state index is 12.3. The molecule has 1 aliphatic rings. The largest absolute Gasteiger partial charge is 0.369 e.